The van der Waals surface area contributed by atoms with Gasteiger partial charge in [-0.15, -0.1) is 11.8 Å². The minimum atomic E-state index is 0.00606. The molecule has 0 aromatic heterocycles. The number of aromatic hydroxyl groups is 2. The molecule has 6 heteroatoms. The monoisotopic (exact) mass is 504 g/mol. The van der Waals surface area contributed by atoms with Gasteiger partial charge in [0.25, 0.3) is 0 Å². The lowest BCUT2D eigenvalue weighted by Crippen LogP contribution is -2.40. The van der Waals surface area contributed by atoms with Crippen LogP contribution in [0.5, 0.6) is 11.5 Å². The molecule has 3 rings (SSSR count). The van der Waals surface area contributed by atoms with E-state index in [0.29, 0.717) is 6.04 Å². The van der Waals surface area contributed by atoms with Crippen LogP contribution in [0.15, 0.2) is 35.2 Å². The van der Waals surface area contributed by atoms with E-state index in [2.05, 4.69) is 30.1 Å². The second-order valence-corrected chi connectivity index (χ2v) is 10.9. The fourth-order valence-corrected chi connectivity index (χ4v) is 6.28. The van der Waals surface area contributed by atoms with E-state index in [1.54, 1.807) is 6.07 Å². The molecule has 0 fully saturated rings. The Morgan fingerprint density at radius 1 is 1.06 bits per heavy atom. The molecule has 0 heterocycles. The number of nitrogens with zero attached hydrogens (tertiary/aromatic N) is 1. The standard InChI is InChI=1S/C28H41ClN2O2S/c1-3-17-31(23-12-13-24-22(20-23)11-14-26(32)27(24)33)18-7-5-4-6-15-30-16-19-34-28-21(2)9-8-10-25(28)29/h8-11,14,23,30,32-33H,3-7,12-13,15-20H2,1-2H3/t23-/m0/s1. The van der Waals surface area contributed by atoms with Crippen molar-refractivity contribution in [2.75, 3.05) is 31.9 Å². The zero-order valence-corrected chi connectivity index (χ0v) is 22.4. The molecular formula is C28H41ClN2O2S. The number of benzene rings is 2. The normalized spacial score (nSPS) is 15.6. The van der Waals surface area contributed by atoms with Crippen molar-refractivity contribution in [2.24, 2.45) is 0 Å². The van der Waals surface area contributed by atoms with Crippen LogP contribution in [0.4, 0.5) is 0 Å². The number of unbranched alkanes of at least 4 members (excludes halogenated alkanes) is 3. The van der Waals surface area contributed by atoms with E-state index in [0.717, 1.165) is 61.8 Å². The fraction of sp³-hybridized carbons (Fsp3) is 0.571. The molecule has 1 atom stereocenters. The maximum Gasteiger partial charge on any atom is 0.160 e. The van der Waals surface area contributed by atoms with Crippen molar-refractivity contribution in [2.45, 2.75) is 76.2 Å². The van der Waals surface area contributed by atoms with Crippen LogP contribution in [0.3, 0.4) is 0 Å². The summed E-state index contributed by atoms with van der Waals surface area (Å²) >= 11 is 8.14. The number of aryl methyl sites for hydroxylation is 1. The van der Waals surface area contributed by atoms with Crippen LogP contribution in [-0.2, 0) is 12.8 Å². The van der Waals surface area contributed by atoms with Crippen LogP contribution < -0.4 is 5.32 Å². The number of halogens is 1. The average Bonchev–Trinajstić information content (AvgIpc) is 2.83. The van der Waals surface area contributed by atoms with Crippen LogP contribution >= 0.6 is 23.4 Å². The van der Waals surface area contributed by atoms with Crippen molar-refractivity contribution in [3.63, 3.8) is 0 Å². The van der Waals surface area contributed by atoms with Crippen molar-refractivity contribution in [3.05, 3.63) is 52.0 Å². The average molecular weight is 505 g/mol. The molecule has 0 bridgehead atoms. The number of nitrogens with one attached hydrogen (secondary N) is 1. The van der Waals surface area contributed by atoms with Gasteiger partial charge in [-0.2, -0.15) is 0 Å². The first-order chi connectivity index (χ1) is 16.5. The van der Waals surface area contributed by atoms with Gasteiger partial charge in [0.15, 0.2) is 11.5 Å². The van der Waals surface area contributed by atoms with E-state index >= 15 is 0 Å². The minimum Gasteiger partial charge on any atom is -0.504 e. The van der Waals surface area contributed by atoms with Gasteiger partial charge in [-0.3, -0.25) is 0 Å². The SMILES string of the molecule is CCCN(CCCCCCNCCSc1c(C)cccc1Cl)[C@H]1CCc2c(ccc(O)c2O)C1. The summed E-state index contributed by atoms with van der Waals surface area (Å²) in [4.78, 5) is 3.86. The van der Waals surface area contributed by atoms with Crippen LogP contribution in [0.25, 0.3) is 0 Å². The quantitative estimate of drug-likeness (QED) is 0.154. The third-order valence-corrected chi connectivity index (χ3v) is 8.47. The summed E-state index contributed by atoms with van der Waals surface area (Å²) in [5, 5.41) is 24.4. The summed E-state index contributed by atoms with van der Waals surface area (Å²) in [7, 11) is 0. The molecule has 1 aliphatic carbocycles. The summed E-state index contributed by atoms with van der Waals surface area (Å²) in [5.41, 5.74) is 3.40. The van der Waals surface area contributed by atoms with Crippen LogP contribution in [-0.4, -0.2) is 53.1 Å². The second kappa shape index (κ2) is 14.2. The van der Waals surface area contributed by atoms with Crippen molar-refractivity contribution >= 4 is 23.4 Å². The first-order valence-electron chi connectivity index (χ1n) is 12.9. The van der Waals surface area contributed by atoms with Gasteiger partial charge >= 0.3 is 0 Å². The number of phenols is 2. The van der Waals surface area contributed by atoms with Gasteiger partial charge < -0.3 is 20.4 Å². The Kier molecular flexibility index (Phi) is 11.4. The molecule has 0 aliphatic heterocycles. The molecule has 1 aliphatic rings. The van der Waals surface area contributed by atoms with Crippen molar-refractivity contribution in [3.8, 4) is 11.5 Å². The molecule has 188 valence electrons. The van der Waals surface area contributed by atoms with Crippen LogP contribution in [0, 0.1) is 6.92 Å². The summed E-state index contributed by atoms with van der Waals surface area (Å²) < 4.78 is 0. The van der Waals surface area contributed by atoms with Gasteiger partial charge in [0.05, 0.1) is 5.02 Å². The highest BCUT2D eigenvalue weighted by Crippen LogP contribution is 2.37. The number of thioether (sulfide) groups is 1. The van der Waals surface area contributed by atoms with Gasteiger partial charge in [0, 0.05) is 28.8 Å². The molecule has 0 saturated carbocycles. The van der Waals surface area contributed by atoms with Gasteiger partial charge in [-0.25, -0.2) is 0 Å². The van der Waals surface area contributed by atoms with Gasteiger partial charge in [0.2, 0.25) is 0 Å². The zero-order chi connectivity index (χ0) is 24.3. The van der Waals surface area contributed by atoms with Crippen molar-refractivity contribution in [1.29, 1.82) is 0 Å². The van der Waals surface area contributed by atoms with E-state index in [1.807, 2.05) is 30.0 Å². The zero-order valence-electron chi connectivity index (χ0n) is 20.8. The number of fused-ring (bicyclic) bond motifs is 1. The number of rotatable bonds is 14. The molecular weight excluding hydrogens is 464 g/mol. The summed E-state index contributed by atoms with van der Waals surface area (Å²) in [5.74, 6) is 1.13. The minimum absolute atomic E-state index is 0.00606. The first-order valence-corrected chi connectivity index (χ1v) is 14.2. The molecule has 4 nitrogen and oxygen atoms in total. The maximum absolute atomic E-state index is 10.2. The highest BCUT2D eigenvalue weighted by molar-refractivity contribution is 7.99. The van der Waals surface area contributed by atoms with E-state index in [-0.39, 0.29) is 11.5 Å². The molecule has 0 radical (unpaired) electrons. The Hall–Kier alpha value is -1.40. The first kappa shape index (κ1) is 27.2. The lowest BCUT2D eigenvalue weighted by atomic mass is 9.86. The molecule has 0 spiro atoms. The molecule has 34 heavy (non-hydrogen) atoms. The van der Waals surface area contributed by atoms with Crippen LogP contribution in [0.1, 0.15) is 62.1 Å². The number of hydrogen-bond donors (Lipinski definition) is 3. The maximum atomic E-state index is 10.2. The summed E-state index contributed by atoms with van der Waals surface area (Å²) in [6.07, 6.45) is 9.05. The van der Waals surface area contributed by atoms with E-state index in [9.17, 15) is 10.2 Å². The van der Waals surface area contributed by atoms with Gasteiger partial charge in [0.1, 0.15) is 0 Å². The topological polar surface area (TPSA) is 55.7 Å². The van der Waals surface area contributed by atoms with E-state index < -0.39 is 0 Å². The Balaban J connectivity index is 1.28. The number of phenolic OH excluding ortho intramolecular Hbond substituents is 2. The molecule has 2 aromatic carbocycles. The highest BCUT2D eigenvalue weighted by Gasteiger charge is 2.26. The molecule has 0 unspecified atom stereocenters. The molecule has 0 amide bonds. The van der Waals surface area contributed by atoms with Crippen molar-refractivity contribution in [1.82, 2.24) is 10.2 Å². The predicted octanol–water partition coefficient (Wildman–Crippen LogP) is 6.57. The van der Waals surface area contributed by atoms with E-state index in [1.165, 1.54) is 48.1 Å². The molecule has 2 aromatic rings. The lowest BCUT2D eigenvalue weighted by Gasteiger charge is -2.35. The fourth-order valence-electron chi connectivity index (χ4n) is 4.95. The molecule has 3 N–H and O–H groups in total. The summed E-state index contributed by atoms with van der Waals surface area (Å²) in [6, 6.07) is 10.3. The Morgan fingerprint density at radius 2 is 1.88 bits per heavy atom. The smallest absolute Gasteiger partial charge is 0.160 e. The lowest BCUT2D eigenvalue weighted by molar-refractivity contribution is 0.175. The Bertz CT molecular complexity index is 888. The van der Waals surface area contributed by atoms with E-state index in [4.69, 9.17) is 11.6 Å². The third-order valence-electron chi connectivity index (χ3n) is 6.81. The third kappa shape index (κ3) is 7.81. The Morgan fingerprint density at radius 3 is 2.68 bits per heavy atom. The van der Waals surface area contributed by atoms with Crippen LogP contribution in [0.2, 0.25) is 5.02 Å². The summed E-state index contributed by atoms with van der Waals surface area (Å²) in [6.45, 7) is 8.75. The molecule has 0 saturated heterocycles. The predicted molar refractivity (Wildman–Crippen MR) is 146 cm³/mol. The second-order valence-electron chi connectivity index (χ2n) is 9.40. The van der Waals surface area contributed by atoms with Gasteiger partial charge in [-0.1, -0.05) is 49.6 Å². The largest absolute Gasteiger partial charge is 0.504 e. The van der Waals surface area contributed by atoms with Gasteiger partial charge in [-0.05, 0) is 88.3 Å². The number of hydrogen-bond acceptors (Lipinski definition) is 5. The Labute approximate surface area is 215 Å². The highest BCUT2D eigenvalue weighted by atomic mass is 35.5. The van der Waals surface area contributed by atoms with Crippen molar-refractivity contribution < 1.29 is 10.2 Å².